The smallest absolute Gasteiger partial charge is 0.240 e. The first-order chi connectivity index (χ1) is 8.13. The third-order valence-corrected chi connectivity index (χ3v) is 3.56. The maximum atomic E-state index is 11.9. The molecule has 0 spiro atoms. The molecule has 3 atom stereocenters. The molecular formula is C11H16ClN3O2. The topological polar surface area (TPSA) is 58.4 Å². The summed E-state index contributed by atoms with van der Waals surface area (Å²) in [6.07, 6.45) is 3.46. The highest BCUT2D eigenvalue weighted by atomic mass is 35.5. The van der Waals surface area contributed by atoms with Crippen LogP contribution >= 0.6 is 11.6 Å². The van der Waals surface area contributed by atoms with Crippen molar-refractivity contribution in [1.82, 2.24) is 14.7 Å². The molecule has 1 aromatic rings. The summed E-state index contributed by atoms with van der Waals surface area (Å²) in [5, 5.41) is 13.5. The molecule has 94 valence electrons. The van der Waals surface area contributed by atoms with Crippen LogP contribution in [-0.4, -0.2) is 50.3 Å². The molecule has 1 aliphatic heterocycles. The van der Waals surface area contributed by atoms with E-state index in [2.05, 4.69) is 5.10 Å². The van der Waals surface area contributed by atoms with E-state index in [1.165, 1.54) is 0 Å². The van der Waals surface area contributed by atoms with Crippen LogP contribution < -0.4 is 0 Å². The number of hydrogen-bond acceptors (Lipinski definition) is 3. The number of carbonyl (C=O) groups is 1. The van der Waals surface area contributed by atoms with Crippen LogP contribution in [0.15, 0.2) is 18.5 Å². The summed E-state index contributed by atoms with van der Waals surface area (Å²) in [5.74, 6) is -0.108. The fraction of sp³-hybridized carbons (Fsp3) is 0.636. The molecule has 0 aliphatic carbocycles. The Hall–Kier alpha value is -1.07. The molecule has 1 aliphatic rings. The van der Waals surface area contributed by atoms with Crippen molar-refractivity contribution in [3.8, 4) is 0 Å². The van der Waals surface area contributed by atoms with E-state index in [0.717, 1.165) is 0 Å². The number of likely N-dealkylation sites (tertiary alicyclic amines) is 1. The van der Waals surface area contributed by atoms with E-state index in [1.807, 2.05) is 6.92 Å². The zero-order chi connectivity index (χ0) is 12.4. The Kier molecular flexibility index (Phi) is 3.69. The van der Waals surface area contributed by atoms with Crippen LogP contribution in [0.2, 0.25) is 0 Å². The fourth-order valence-corrected chi connectivity index (χ4v) is 2.20. The third-order valence-electron chi connectivity index (χ3n) is 3.06. The van der Waals surface area contributed by atoms with Crippen LogP contribution in [0.1, 0.15) is 19.4 Å². The van der Waals surface area contributed by atoms with Crippen molar-refractivity contribution in [2.24, 2.45) is 0 Å². The maximum Gasteiger partial charge on any atom is 0.240 e. The van der Waals surface area contributed by atoms with Gasteiger partial charge in [-0.05, 0) is 12.5 Å². The Labute approximate surface area is 105 Å². The maximum absolute atomic E-state index is 11.9. The minimum absolute atomic E-state index is 0.108. The summed E-state index contributed by atoms with van der Waals surface area (Å²) < 4.78 is 1.69. The van der Waals surface area contributed by atoms with E-state index in [9.17, 15) is 9.90 Å². The highest BCUT2D eigenvalue weighted by Gasteiger charge is 2.36. The summed E-state index contributed by atoms with van der Waals surface area (Å²) in [7, 11) is 0. The van der Waals surface area contributed by atoms with E-state index in [-0.39, 0.29) is 11.9 Å². The first kappa shape index (κ1) is 12.4. The normalized spacial score (nSPS) is 26.2. The van der Waals surface area contributed by atoms with Gasteiger partial charge in [-0.3, -0.25) is 9.48 Å². The SMILES string of the molecule is CC[C@H](Cl)C(=O)N1C[C@@H](O)[C@H](n2cccn2)C1. The summed E-state index contributed by atoms with van der Waals surface area (Å²) in [6.45, 7) is 2.66. The van der Waals surface area contributed by atoms with E-state index >= 15 is 0 Å². The largest absolute Gasteiger partial charge is 0.389 e. The lowest BCUT2D eigenvalue weighted by molar-refractivity contribution is -0.130. The van der Waals surface area contributed by atoms with Gasteiger partial charge in [0.2, 0.25) is 5.91 Å². The molecule has 0 radical (unpaired) electrons. The van der Waals surface area contributed by atoms with Gasteiger partial charge in [-0.2, -0.15) is 5.10 Å². The number of hydrogen-bond donors (Lipinski definition) is 1. The number of rotatable bonds is 3. The minimum atomic E-state index is -0.584. The molecule has 2 rings (SSSR count). The molecule has 6 heteroatoms. The highest BCUT2D eigenvalue weighted by molar-refractivity contribution is 6.30. The first-order valence-corrected chi connectivity index (χ1v) is 6.17. The van der Waals surface area contributed by atoms with Gasteiger partial charge in [-0.15, -0.1) is 11.6 Å². The number of aliphatic hydroxyl groups is 1. The summed E-state index contributed by atoms with van der Waals surface area (Å²) >= 11 is 5.92. The summed E-state index contributed by atoms with van der Waals surface area (Å²) in [5.41, 5.74) is 0. The lowest BCUT2D eigenvalue weighted by Gasteiger charge is -2.18. The van der Waals surface area contributed by atoms with Gasteiger partial charge in [0.05, 0.1) is 12.1 Å². The van der Waals surface area contributed by atoms with Crippen LogP contribution in [-0.2, 0) is 4.79 Å². The Morgan fingerprint density at radius 2 is 2.41 bits per heavy atom. The molecule has 1 saturated heterocycles. The van der Waals surface area contributed by atoms with Gasteiger partial charge in [0, 0.05) is 25.5 Å². The van der Waals surface area contributed by atoms with E-state index in [4.69, 9.17) is 11.6 Å². The molecule has 17 heavy (non-hydrogen) atoms. The average molecular weight is 258 g/mol. The fourth-order valence-electron chi connectivity index (χ4n) is 2.06. The van der Waals surface area contributed by atoms with Crippen molar-refractivity contribution >= 4 is 17.5 Å². The van der Waals surface area contributed by atoms with Crippen LogP contribution in [0.4, 0.5) is 0 Å². The average Bonchev–Trinajstić information content (AvgIpc) is 2.95. The van der Waals surface area contributed by atoms with Gasteiger partial charge >= 0.3 is 0 Å². The Balaban J connectivity index is 2.05. The van der Waals surface area contributed by atoms with E-state index < -0.39 is 11.5 Å². The third kappa shape index (κ3) is 2.45. The Morgan fingerprint density at radius 3 is 3.00 bits per heavy atom. The standard InChI is InChI=1S/C11H16ClN3O2/c1-2-8(12)11(17)14-6-9(10(16)7-14)15-5-3-4-13-15/h3-5,8-10,16H,2,6-7H2,1H3/t8-,9+,10+/m0/s1. The number of amides is 1. The summed E-state index contributed by atoms with van der Waals surface area (Å²) in [6, 6.07) is 1.63. The number of halogens is 1. The molecule has 0 bridgehead atoms. The molecule has 0 saturated carbocycles. The van der Waals surface area contributed by atoms with E-state index in [0.29, 0.717) is 19.5 Å². The molecular weight excluding hydrogens is 242 g/mol. The molecule has 1 fully saturated rings. The number of aliphatic hydroxyl groups excluding tert-OH is 1. The molecule has 0 aromatic carbocycles. The minimum Gasteiger partial charge on any atom is -0.389 e. The van der Waals surface area contributed by atoms with Gasteiger partial charge in [-0.1, -0.05) is 6.92 Å². The summed E-state index contributed by atoms with van der Waals surface area (Å²) in [4.78, 5) is 13.5. The lowest BCUT2D eigenvalue weighted by atomic mass is 10.2. The molecule has 0 unspecified atom stereocenters. The van der Waals surface area contributed by atoms with Gasteiger partial charge in [-0.25, -0.2) is 0 Å². The van der Waals surface area contributed by atoms with E-state index in [1.54, 1.807) is 28.0 Å². The lowest BCUT2D eigenvalue weighted by Crippen LogP contribution is -2.35. The van der Waals surface area contributed by atoms with Crippen molar-refractivity contribution in [3.63, 3.8) is 0 Å². The van der Waals surface area contributed by atoms with Gasteiger partial charge in [0.15, 0.2) is 0 Å². The van der Waals surface area contributed by atoms with Crippen molar-refractivity contribution in [2.75, 3.05) is 13.1 Å². The number of carbonyl (C=O) groups excluding carboxylic acids is 1. The molecule has 5 nitrogen and oxygen atoms in total. The molecule has 1 N–H and O–H groups in total. The van der Waals surface area contributed by atoms with Gasteiger partial charge in [0.25, 0.3) is 0 Å². The van der Waals surface area contributed by atoms with Gasteiger partial charge < -0.3 is 10.0 Å². The van der Waals surface area contributed by atoms with Crippen molar-refractivity contribution in [2.45, 2.75) is 30.9 Å². The van der Waals surface area contributed by atoms with Gasteiger partial charge in [0.1, 0.15) is 5.38 Å². The second-order valence-corrected chi connectivity index (χ2v) is 4.77. The highest BCUT2D eigenvalue weighted by Crippen LogP contribution is 2.23. The van der Waals surface area contributed by atoms with Crippen LogP contribution in [0.25, 0.3) is 0 Å². The Morgan fingerprint density at radius 1 is 1.65 bits per heavy atom. The number of β-amino-alcohol motifs (C(OH)–C–C–N with tert-alkyl or cyclic N) is 1. The quantitative estimate of drug-likeness (QED) is 0.809. The predicted molar refractivity (Wildman–Crippen MR) is 63.8 cm³/mol. The number of aromatic nitrogens is 2. The number of nitrogens with zero attached hydrogens (tertiary/aromatic N) is 3. The van der Waals surface area contributed by atoms with Crippen LogP contribution in [0.3, 0.4) is 0 Å². The second kappa shape index (κ2) is 5.06. The van der Waals surface area contributed by atoms with Crippen molar-refractivity contribution in [3.05, 3.63) is 18.5 Å². The van der Waals surface area contributed by atoms with Crippen molar-refractivity contribution < 1.29 is 9.90 Å². The monoisotopic (exact) mass is 257 g/mol. The molecule has 1 amide bonds. The van der Waals surface area contributed by atoms with Crippen molar-refractivity contribution in [1.29, 1.82) is 0 Å². The zero-order valence-corrected chi connectivity index (χ0v) is 10.4. The zero-order valence-electron chi connectivity index (χ0n) is 9.66. The molecule has 2 heterocycles. The van der Waals surface area contributed by atoms with Crippen LogP contribution in [0.5, 0.6) is 0 Å². The predicted octanol–water partition coefficient (Wildman–Crippen LogP) is 0.645. The van der Waals surface area contributed by atoms with Crippen LogP contribution in [0, 0.1) is 0 Å². The second-order valence-electron chi connectivity index (χ2n) is 4.24. The molecule has 1 aromatic heterocycles. The Bertz CT molecular complexity index is 382. The first-order valence-electron chi connectivity index (χ1n) is 5.73. The number of alkyl halides is 1.